The lowest BCUT2D eigenvalue weighted by atomic mass is 9.90. The van der Waals surface area contributed by atoms with Crippen molar-refractivity contribution in [1.29, 1.82) is 0 Å². The van der Waals surface area contributed by atoms with Crippen LogP contribution in [-0.2, 0) is 30.4 Å². The first-order valence-electron chi connectivity index (χ1n) is 15.9. The minimum Gasteiger partial charge on any atom is -0.481 e. The zero-order valence-corrected chi connectivity index (χ0v) is 29.0. The lowest BCUT2D eigenvalue weighted by Gasteiger charge is -2.27. The number of ketones is 1. The third kappa shape index (κ3) is 8.72. The van der Waals surface area contributed by atoms with Crippen molar-refractivity contribution in [2.45, 2.75) is 44.4 Å². The highest BCUT2D eigenvalue weighted by Crippen LogP contribution is 2.30. The van der Waals surface area contributed by atoms with Gasteiger partial charge in [0.2, 0.25) is 0 Å². The molecular formula is C37H34Cl2N4O8. The number of hydrogen-bond acceptors (Lipinski definition) is 9. The fourth-order valence-electron chi connectivity index (χ4n) is 5.61. The lowest BCUT2D eigenvalue weighted by molar-refractivity contribution is -0.148. The Morgan fingerprint density at radius 3 is 2.29 bits per heavy atom. The molecule has 5 rings (SSSR count). The van der Waals surface area contributed by atoms with Crippen LogP contribution in [0.2, 0.25) is 10.0 Å². The quantitative estimate of drug-likeness (QED) is 0.128. The summed E-state index contributed by atoms with van der Waals surface area (Å²) in [4.78, 5) is 75.7. The van der Waals surface area contributed by atoms with Gasteiger partial charge < -0.3 is 20.5 Å². The van der Waals surface area contributed by atoms with Gasteiger partial charge in [-0.05, 0) is 35.1 Å². The molecule has 3 aromatic carbocycles. The molecule has 0 spiro atoms. The summed E-state index contributed by atoms with van der Waals surface area (Å²) in [7, 11) is 0. The SMILES string of the molecule is CC(C)[C@H](NC(=O)c1cncc2ccccc12)C1=CC(Cc2ccccc2)(C(=O)N[C@@H](CC(=O)O)C(=O)COC(=O)c2c(Cl)cccc2Cl)ON1. The van der Waals surface area contributed by atoms with E-state index in [1.165, 1.54) is 30.5 Å². The molecule has 1 aliphatic heterocycles. The Bertz CT molecular complexity index is 1980. The number of amides is 2. The van der Waals surface area contributed by atoms with Crippen molar-refractivity contribution in [3.05, 3.63) is 124 Å². The van der Waals surface area contributed by atoms with Crippen LogP contribution in [0.4, 0.5) is 0 Å². The molecule has 0 radical (unpaired) electrons. The van der Waals surface area contributed by atoms with Crippen LogP contribution >= 0.6 is 23.2 Å². The van der Waals surface area contributed by atoms with Gasteiger partial charge in [0.05, 0.1) is 39.3 Å². The number of nitrogens with one attached hydrogen (secondary N) is 3. The summed E-state index contributed by atoms with van der Waals surface area (Å²) >= 11 is 12.1. The number of benzene rings is 3. The number of carbonyl (C=O) groups excluding carboxylic acids is 4. The highest BCUT2D eigenvalue weighted by atomic mass is 35.5. The molecule has 0 fully saturated rings. The molecule has 1 aliphatic rings. The minimum atomic E-state index is -1.80. The Morgan fingerprint density at radius 2 is 1.61 bits per heavy atom. The van der Waals surface area contributed by atoms with Crippen molar-refractivity contribution in [1.82, 2.24) is 21.1 Å². The van der Waals surface area contributed by atoms with Gasteiger partial charge in [0.15, 0.2) is 18.0 Å². The van der Waals surface area contributed by atoms with Gasteiger partial charge in [-0.25, -0.2) is 4.79 Å². The van der Waals surface area contributed by atoms with Gasteiger partial charge in [-0.1, -0.05) is 97.7 Å². The number of Topliss-reactive ketones (excluding diaryl/α,β-unsaturated/α-hetero) is 1. The van der Waals surface area contributed by atoms with Crippen LogP contribution in [0.3, 0.4) is 0 Å². The number of aliphatic carboxylic acids is 1. The number of halogens is 2. The highest BCUT2D eigenvalue weighted by molar-refractivity contribution is 6.39. The molecule has 1 aromatic heterocycles. The predicted octanol–water partition coefficient (Wildman–Crippen LogP) is 5.08. The van der Waals surface area contributed by atoms with Gasteiger partial charge in [-0.15, -0.1) is 0 Å². The highest BCUT2D eigenvalue weighted by Gasteiger charge is 2.46. The first kappa shape index (κ1) is 37.0. The average Bonchev–Trinajstić information content (AvgIpc) is 3.53. The number of carboxylic acid groups (broad SMARTS) is 1. The van der Waals surface area contributed by atoms with E-state index in [1.807, 2.05) is 38.1 Å². The summed E-state index contributed by atoms with van der Waals surface area (Å²) in [5.74, 6) is -4.73. The van der Waals surface area contributed by atoms with E-state index < -0.39 is 60.2 Å². The van der Waals surface area contributed by atoms with Crippen molar-refractivity contribution < 1.29 is 38.7 Å². The maximum atomic E-state index is 14.1. The first-order valence-corrected chi connectivity index (χ1v) is 16.6. The minimum absolute atomic E-state index is 0.00339. The van der Waals surface area contributed by atoms with E-state index in [-0.39, 0.29) is 27.9 Å². The summed E-state index contributed by atoms with van der Waals surface area (Å²) in [5, 5.41) is 16.6. The van der Waals surface area contributed by atoms with Gasteiger partial charge in [0.1, 0.15) is 6.04 Å². The Morgan fingerprint density at radius 1 is 0.922 bits per heavy atom. The third-order valence-corrected chi connectivity index (χ3v) is 8.85. The molecule has 2 heterocycles. The van der Waals surface area contributed by atoms with Crippen LogP contribution in [0.25, 0.3) is 10.8 Å². The number of ether oxygens (including phenoxy) is 1. The Balaban J connectivity index is 1.40. The molecule has 51 heavy (non-hydrogen) atoms. The maximum absolute atomic E-state index is 14.1. The van der Waals surface area contributed by atoms with Crippen LogP contribution in [0.5, 0.6) is 0 Å². The Kier molecular flexibility index (Phi) is 11.7. The van der Waals surface area contributed by atoms with E-state index in [4.69, 9.17) is 32.8 Å². The molecule has 2 amide bonds. The van der Waals surface area contributed by atoms with Gasteiger partial charge in [-0.2, -0.15) is 0 Å². The summed E-state index contributed by atoms with van der Waals surface area (Å²) in [6, 6.07) is 18.3. The second-order valence-corrected chi connectivity index (χ2v) is 13.0. The number of esters is 1. The molecule has 4 N–H and O–H groups in total. The summed E-state index contributed by atoms with van der Waals surface area (Å²) < 4.78 is 5.12. The molecule has 12 nitrogen and oxygen atoms in total. The van der Waals surface area contributed by atoms with E-state index in [0.29, 0.717) is 22.2 Å². The number of fused-ring (bicyclic) bond motifs is 1. The molecule has 4 aromatic rings. The number of hydrogen-bond donors (Lipinski definition) is 4. The molecule has 0 saturated carbocycles. The van der Waals surface area contributed by atoms with Crippen molar-refractivity contribution >= 4 is 63.5 Å². The smallest absolute Gasteiger partial charge is 0.341 e. The van der Waals surface area contributed by atoms with E-state index >= 15 is 0 Å². The van der Waals surface area contributed by atoms with Gasteiger partial charge in [-0.3, -0.25) is 34.5 Å². The van der Waals surface area contributed by atoms with E-state index in [9.17, 15) is 29.1 Å². The number of pyridine rings is 1. The van der Waals surface area contributed by atoms with Crippen LogP contribution in [0.15, 0.2) is 97.0 Å². The fraction of sp³-hybridized carbons (Fsp3) is 0.243. The fourth-order valence-corrected chi connectivity index (χ4v) is 6.17. The van der Waals surface area contributed by atoms with Crippen LogP contribution in [0, 0.1) is 5.92 Å². The van der Waals surface area contributed by atoms with Crippen LogP contribution in [0.1, 0.15) is 46.5 Å². The standard InChI is InChI=1S/C37H34Cl2N4O8/c1-21(2)33(42-34(47)25-19-40-18-23-11-6-7-12-24(23)25)29-17-37(51-43-29,16-22-9-4-3-5-10-22)36(49)41-28(15-31(45)46)30(44)20-50-35(48)32-26(38)13-8-14-27(32)39/h3-14,17-19,21,28,33,43H,15-16,20H2,1-2H3,(H,41,49)(H,42,47)(H,45,46)/t28-,33-,37?/m0/s1. The van der Waals surface area contributed by atoms with Crippen molar-refractivity contribution in [3.63, 3.8) is 0 Å². The summed E-state index contributed by atoms with van der Waals surface area (Å²) in [5.41, 5.74) is 2.26. The topological polar surface area (TPSA) is 173 Å². The zero-order chi connectivity index (χ0) is 36.7. The number of carboxylic acids is 1. The number of aromatic nitrogens is 1. The Labute approximate surface area is 303 Å². The summed E-state index contributed by atoms with van der Waals surface area (Å²) in [6.07, 6.45) is 3.82. The maximum Gasteiger partial charge on any atom is 0.341 e. The summed E-state index contributed by atoms with van der Waals surface area (Å²) in [6.45, 7) is 2.88. The van der Waals surface area contributed by atoms with E-state index in [0.717, 1.165) is 5.39 Å². The monoisotopic (exact) mass is 732 g/mol. The molecule has 1 unspecified atom stereocenters. The first-order chi connectivity index (χ1) is 24.4. The molecule has 264 valence electrons. The van der Waals surface area contributed by atoms with Gasteiger partial charge in [0, 0.05) is 24.2 Å². The van der Waals surface area contributed by atoms with Gasteiger partial charge >= 0.3 is 11.9 Å². The van der Waals surface area contributed by atoms with E-state index in [1.54, 1.807) is 36.5 Å². The molecule has 0 aliphatic carbocycles. The molecule has 3 atom stereocenters. The average molecular weight is 734 g/mol. The number of nitrogens with zero attached hydrogens (tertiary/aromatic N) is 1. The van der Waals surface area contributed by atoms with E-state index in [2.05, 4.69) is 21.1 Å². The van der Waals surface area contributed by atoms with Crippen molar-refractivity contribution in [2.24, 2.45) is 5.92 Å². The number of rotatable bonds is 14. The van der Waals surface area contributed by atoms with Crippen molar-refractivity contribution in [3.8, 4) is 0 Å². The molecular weight excluding hydrogens is 699 g/mol. The predicted molar refractivity (Wildman–Crippen MR) is 189 cm³/mol. The number of hydroxylamine groups is 1. The normalized spacial score (nSPS) is 16.5. The van der Waals surface area contributed by atoms with Crippen LogP contribution in [-0.4, -0.2) is 63.9 Å². The number of carbonyl (C=O) groups is 5. The van der Waals surface area contributed by atoms with Gasteiger partial charge in [0.25, 0.3) is 11.8 Å². The lowest BCUT2D eigenvalue weighted by Crippen LogP contribution is -2.54. The second-order valence-electron chi connectivity index (χ2n) is 12.2. The van der Waals surface area contributed by atoms with Crippen molar-refractivity contribution in [2.75, 3.05) is 6.61 Å². The third-order valence-electron chi connectivity index (χ3n) is 8.22. The second kappa shape index (κ2) is 16.2. The molecule has 0 saturated heterocycles. The Hall–Kier alpha value is -5.30. The molecule has 0 bridgehead atoms. The van der Waals surface area contributed by atoms with Crippen LogP contribution < -0.4 is 16.1 Å². The molecule has 14 heteroatoms. The zero-order valence-electron chi connectivity index (χ0n) is 27.5. The largest absolute Gasteiger partial charge is 0.481 e.